The molecule has 0 aliphatic carbocycles. The molecule has 0 saturated carbocycles. The Morgan fingerprint density at radius 3 is 2.37 bits per heavy atom. The molecule has 5 nitrogen and oxygen atoms in total. The van der Waals surface area contributed by atoms with E-state index in [-0.39, 0.29) is 5.91 Å². The van der Waals surface area contributed by atoms with Gasteiger partial charge in [0.05, 0.1) is 12.2 Å². The van der Waals surface area contributed by atoms with Crippen LogP contribution in [0.3, 0.4) is 0 Å². The quantitative estimate of drug-likeness (QED) is 0.640. The van der Waals surface area contributed by atoms with Crippen molar-refractivity contribution in [1.29, 1.82) is 0 Å². The van der Waals surface area contributed by atoms with E-state index >= 15 is 0 Å². The van der Waals surface area contributed by atoms with Crippen LogP contribution in [0.25, 0.3) is 0 Å². The number of anilines is 2. The van der Waals surface area contributed by atoms with E-state index in [1.165, 1.54) is 4.90 Å². The van der Waals surface area contributed by atoms with Crippen molar-refractivity contribution in [2.45, 2.75) is 18.1 Å². The van der Waals surface area contributed by atoms with Gasteiger partial charge in [-0.2, -0.15) is 0 Å². The zero-order valence-corrected chi connectivity index (χ0v) is 17.8. The number of halogens is 1. The number of para-hydroxylation sites is 1. The Bertz CT molecular complexity index is 1180. The van der Waals surface area contributed by atoms with Crippen LogP contribution in [0.2, 0.25) is 0 Å². The number of fused-ring (bicyclic) bond motifs is 2. The Balaban J connectivity index is 1.69. The standard InChI is InChI=1S/C24H19BrN2O3/c1-26-18-12-6-5-10-16(18)20(22(26)28)24(30)21-17(25)11-7-13-19(21)27(23(24)29)14-15-8-3-2-4-9-15/h2-13,20,30H,14H2,1H3/t20-,24-/m1/s1. The number of amides is 2. The van der Waals surface area contributed by atoms with Gasteiger partial charge in [-0.1, -0.05) is 70.5 Å². The van der Waals surface area contributed by atoms with Crippen molar-refractivity contribution in [3.8, 4) is 0 Å². The molecule has 2 amide bonds. The van der Waals surface area contributed by atoms with Crippen molar-refractivity contribution >= 4 is 39.1 Å². The van der Waals surface area contributed by atoms with Gasteiger partial charge in [-0.15, -0.1) is 0 Å². The molecule has 2 aliphatic heterocycles. The Morgan fingerprint density at radius 2 is 1.60 bits per heavy atom. The number of likely N-dealkylation sites (N-methyl/N-ethyl adjacent to an activating group) is 1. The molecule has 5 rings (SSSR count). The molecule has 0 aromatic heterocycles. The predicted octanol–water partition coefficient (Wildman–Crippen LogP) is 3.94. The summed E-state index contributed by atoms with van der Waals surface area (Å²) in [7, 11) is 1.67. The highest BCUT2D eigenvalue weighted by atomic mass is 79.9. The fourth-order valence-electron chi connectivity index (χ4n) is 4.61. The fraction of sp³-hybridized carbons (Fsp3) is 0.167. The molecule has 0 bridgehead atoms. The highest BCUT2D eigenvalue weighted by molar-refractivity contribution is 9.10. The third-order valence-electron chi connectivity index (χ3n) is 6.02. The number of hydrogen-bond acceptors (Lipinski definition) is 3. The van der Waals surface area contributed by atoms with E-state index in [2.05, 4.69) is 15.9 Å². The molecule has 0 fully saturated rings. The van der Waals surface area contributed by atoms with Crippen molar-refractivity contribution in [2.24, 2.45) is 0 Å². The van der Waals surface area contributed by atoms with Crippen molar-refractivity contribution in [1.82, 2.24) is 0 Å². The van der Waals surface area contributed by atoms with Gasteiger partial charge in [-0.05, 0) is 29.3 Å². The summed E-state index contributed by atoms with van der Waals surface area (Å²) < 4.78 is 0.603. The molecular weight excluding hydrogens is 444 g/mol. The van der Waals surface area contributed by atoms with Gasteiger partial charge in [0.2, 0.25) is 5.91 Å². The first-order valence-electron chi connectivity index (χ1n) is 9.68. The molecular formula is C24H19BrN2O3. The molecule has 1 N–H and O–H groups in total. The maximum atomic E-state index is 13.8. The van der Waals surface area contributed by atoms with Crippen LogP contribution in [-0.4, -0.2) is 24.0 Å². The van der Waals surface area contributed by atoms with Crippen molar-refractivity contribution in [3.63, 3.8) is 0 Å². The van der Waals surface area contributed by atoms with Crippen LogP contribution in [0, 0.1) is 0 Å². The molecule has 0 radical (unpaired) electrons. The maximum absolute atomic E-state index is 13.8. The summed E-state index contributed by atoms with van der Waals surface area (Å²) in [5.41, 5.74) is 1.36. The molecule has 0 spiro atoms. The monoisotopic (exact) mass is 462 g/mol. The van der Waals surface area contributed by atoms with Crippen molar-refractivity contribution in [2.75, 3.05) is 16.8 Å². The van der Waals surface area contributed by atoms with E-state index in [0.29, 0.717) is 33.5 Å². The smallest absolute Gasteiger partial charge is 0.265 e. The molecule has 6 heteroatoms. The van der Waals surface area contributed by atoms with Gasteiger partial charge in [0.15, 0.2) is 5.60 Å². The molecule has 0 unspecified atom stereocenters. The first-order chi connectivity index (χ1) is 14.4. The highest BCUT2D eigenvalue weighted by Crippen LogP contribution is 2.55. The van der Waals surface area contributed by atoms with E-state index in [1.54, 1.807) is 18.0 Å². The summed E-state index contributed by atoms with van der Waals surface area (Å²) >= 11 is 3.52. The van der Waals surface area contributed by atoms with Crippen LogP contribution in [0.5, 0.6) is 0 Å². The minimum Gasteiger partial charge on any atom is -0.374 e. The minimum absolute atomic E-state index is 0.296. The zero-order chi connectivity index (χ0) is 21.0. The first-order valence-corrected chi connectivity index (χ1v) is 10.5. The second-order valence-corrected chi connectivity index (χ2v) is 8.52. The summed E-state index contributed by atoms with van der Waals surface area (Å²) in [6, 6.07) is 22.4. The Morgan fingerprint density at radius 1 is 0.933 bits per heavy atom. The number of benzene rings is 3. The zero-order valence-electron chi connectivity index (χ0n) is 16.2. The number of nitrogens with zero attached hydrogens (tertiary/aromatic N) is 2. The van der Waals surface area contributed by atoms with E-state index in [1.807, 2.05) is 66.7 Å². The molecule has 150 valence electrons. The molecule has 3 aromatic rings. The maximum Gasteiger partial charge on any atom is 0.265 e. The molecule has 2 heterocycles. The summed E-state index contributed by atoms with van der Waals surface area (Å²) in [4.78, 5) is 30.1. The van der Waals surface area contributed by atoms with Gasteiger partial charge in [0.1, 0.15) is 5.92 Å². The summed E-state index contributed by atoms with van der Waals surface area (Å²) in [5, 5.41) is 12.0. The van der Waals surface area contributed by atoms with Gasteiger partial charge in [-0.25, -0.2) is 0 Å². The van der Waals surface area contributed by atoms with Gasteiger partial charge in [0, 0.05) is 22.8 Å². The van der Waals surface area contributed by atoms with Crippen LogP contribution in [0.4, 0.5) is 11.4 Å². The van der Waals surface area contributed by atoms with Crippen LogP contribution >= 0.6 is 15.9 Å². The number of rotatable bonds is 3. The van der Waals surface area contributed by atoms with Gasteiger partial charge in [-0.3, -0.25) is 9.59 Å². The summed E-state index contributed by atoms with van der Waals surface area (Å²) in [6.45, 7) is 0.309. The SMILES string of the molecule is CN1C(=O)[C@H]([C@]2(O)C(=O)N(Cc3ccccc3)c3cccc(Br)c32)c2ccccc21. The largest absolute Gasteiger partial charge is 0.374 e. The lowest BCUT2D eigenvalue weighted by Crippen LogP contribution is -2.47. The van der Waals surface area contributed by atoms with Crippen LogP contribution < -0.4 is 9.80 Å². The van der Waals surface area contributed by atoms with E-state index in [4.69, 9.17) is 0 Å². The number of hydrogen-bond donors (Lipinski definition) is 1. The summed E-state index contributed by atoms with van der Waals surface area (Å²) in [6.07, 6.45) is 0. The third-order valence-corrected chi connectivity index (χ3v) is 6.68. The van der Waals surface area contributed by atoms with Gasteiger partial charge in [0.25, 0.3) is 5.91 Å². The third kappa shape index (κ3) is 2.50. The topological polar surface area (TPSA) is 60.9 Å². The average Bonchev–Trinajstić information content (AvgIpc) is 3.14. The molecule has 0 saturated heterocycles. The lowest BCUT2D eigenvalue weighted by Gasteiger charge is -2.29. The second-order valence-electron chi connectivity index (χ2n) is 7.67. The fourth-order valence-corrected chi connectivity index (χ4v) is 5.27. The lowest BCUT2D eigenvalue weighted by atomic mass is 9.78. The van der Waals surface area contributed by atoms with Crippen molar-refractivity contribution < 1.29 is 14.7 Å². The van der Waals surface area contributed by atoms with Gasteiger partial charge >= 0.3 is 0 Å². The Hall–Kier alpha value is -2.96. The summed E-state index contributed by atoms with van der Waals surface area (Å²) in [5.74, 6) is -1.79. The second kappa shape index (κ2) is 6.79. The number of carbonyl (C=O) groups excluding carboxylic acids is 2. The van der Waals surface area contributed by atoms with Crippen LogP contribution in [0.15, 0.2) is 77.3 Å². The predicted molar refractivity (Wildman–Crippen MR) is 118 cm³/mol. The van der Waals surface area contributed by atoms with E-state index in [9.17, 15) is 14.7 Å². The van der Waals surface area contributed by atoms with Crippen molar-refractivity contribution in [3.05, 3.63) is 94.0 Å². The van der Waals surface area contributed by atoms with E-state index in [0.717, 1.165) is 5.56 Å². The molecule has 3 aromatic carbocycles. The average molecular weight is 463 g/mol. The highest BCUT2D eigenvalue weighted by Gasteiger charge is 2.61. The normalized spacial score (nSPS) is 22.4. The Kier molecular flexibility index (Phi) is 4.31. The van der Waals surface area contributed by atoms with Crippen LogP contribution in [0.1, 0.15) is 22.6 Å². The van der Waals surface area contributed by atoms with Crippen LogP contribution in [-0.2, 0) is 21.7 Å². The molecule has 2 atom stereocenters. The first kappa shape index (κ1) is 19.0. The molecule has 2 aliphatic rings. The number of carbonyl (C=O) groups is 2. The molecule has 30 heavy (non-hydrogen) atoms. The number of aliphatic hydroxyl groups is 1. The lowest BCUT2D eigenvalue weighted by molar-refractivity contribution is -0.144. The van der Waals surface area contributed by atoms with Gasteiger partial charge < -0.3 is 14.9 Å². The Labute approximate surface area is 182 Å². The minimum atomic E-state index is -2.00. The van der Waals surface area contributed by atoms with E-state index < -0.39 is 17.4 Å².